The number of aromatic nitrogens is 4. The molecule has 2 aromatic heterocycles. The zero-order valence-corrected chi connectivity index (χ0v) is 19.7. The minimum absolute atomic E-state index is 0.114. The fourth-order valence-corrected chi connectivity index (χ4v) is 5.01. The third-order valence-corrected chi connectivity index (χ3v) is 6.43. The van der Waals surface area contributed by atoms with Crippen LogP contribution in [0.5, 0.6) is 17.2 Å². The van der Waals surface area contributed by atoms with E-state index in [1.807, 2.05) is 39.0 Å². The number of anilines is 1. The number of fused-ring (bicyclic) bond motifs is 1. The zero-order chi connectivity index (χ0) is 23.0. The van der Waals surface area contributed by atoms with Crippen molar-refractivity contribution in [3.63, 3.8) is 0 Å². The molecule has 1 N–H and O–H groups in total. The zero-order valence-electron chi connectivity index (χ0n) is 18.8. The number of methoxy groups -OCH3 is 3. The van der Waals surface area contributed by atoms with Gasteiger partial charge in [-0.3, -0.25) is 4.79 Å². The molecule has 10 heteroatoms. The Bertz CT molecular complexity index is 1150. The largest absolute Gasteiger partial charge is 0.493 e. The molecule has 32 heavy (non-hydrogen) atoms. The Labute approximate surface area is 190 Å². The molecule has 0 saturated heterocycles. The van der Waals surface area contributed by atoms with Crippen LogP contribution in [0.25, 0.3) is 5.95 Å². The first-order chi connectivity index (χ1) is 15.4. The maximum Gasteiger partial charge on any atom is 0.252 e. The van der Waals surface area contributed by atoms with Crippen molar-refractivity contribution >= 4 is 23.5 Å². The summed E-state index contributed by atoms with van der Waals surface area (Å²) < 4.78 is 18.2. The van der Waals surface area contributed by atoms with Crippen molar-refractivity contribution < 1.29 is 19.0 Å². The summed E-state index contributed by atoms with van der Waals surface area (Å²) in [4.78, 5) is 21.7. The lowest BCUT2D eigenvalue weighted by Gasteiger charge is -2.19. The summed E-state index contributed by atoms with van der Waals surface area (Å²) in [6.45, 7) is 5.72. The molecule has 4 rings (SSSR count). The molecule has 0 radical (unpaired) electrons. The second kappa shape index (κ2) is 8.70. The van der Waals surface area contributed by atoms with Crippen LogP contribution in [-0.2, 0) is 4.79 Å². The van der Waals surface area contributed by atoms with E-state index >= 15 is 0 Å². The first-order valence-electron chi connectivity index (χ1n) is 9.99. The number of aryl methyl sites for hydroxylation is 3. The summed E-state index contributed by atoms with van der Waals surface area (Å²) in [6, 6.07) is 5.71. The van der Waals surface area contributed by atoms with Gasteiger partial charge in [0, 0.05) is 17.0 Å². The second-order valence-corrected chi connectivity index (χ2v) is 8.50. The van der Waals surface area contributed by atoms with E-state index in [4.69, 9.17) is 19.3 Å². The van der Waals surface area contributed by atoms with E-state index in [-0.39, 0.29) is 16.9 Å². The maximum absolute atomic E-state index is 12.6. The van der Waals surface area contributed by atoms with E-state index in [2.05, 4.69) is 15.3 Å². The molecule has 3 heterocycles. The molecule has 0 aliphatic carbocycles. The first kappa shape index (κ1) is 21.9. The quantitative estimate of drug-likeness (QED) is 0.625. The van der Waals surface area contributed by atoms with Gasteiger partial charge in [-0.05, 0) is 44.5 Å². The van der Waals surface area contributed by atoms with Crippen molar-refractivity contribution in [3.8, 4) is 23.2 Å². The van der Waals surface area contributed by atoms with Gasteiger partial charge in [0.25, 0.3) is 5.95 Å². The Morgan fingerprint density at radius 2 is 1.62 bits per heavy atom. The number of thioether (sulfide) groups is 1. The molecule has 0 fully saturated rings. The average Bonchev–Trinajstić information content (AvgIpc) is 2.97. The first-order valence-corrected chi connectivity index (χ1v) is 11.0. The van der Waals surface area contributed by atoms with E-state index in [9.17, 15) is 4.79 Å². The van der Waals surface area contributed by atoms with E-state index < -0.39 is 0 Å². The molecule has 1 aliphatic rings. The predicted octanol–water partition coefficient (Wildman–Crippen LogP) is 3.39. The number of hydrogen-bond donors (Lipinski definition) is 1. The number of nitrogens with zero attached hydrogens (tertiary/aromatic N) is 4. The summed E-state index contributed by atoms with van der Waals surface area (Å²) in [5.74, 6) is 2.78. The monoisotopic (exact) mass is 455 g/mol. The van der Waals surface area contributed by atoms with Crippen LogP contribution in [-0.4, -0.2) is 52.7 Å². The van der Waals surface area contributed by atoms with Gasteiger partial charge in [-0.2, -0.15) is 9.78 Å². The molecule has 1 amide bonds. The van der Waals surface area contributed by atoms with Gasteiger partial charge in [0.1, 0.15) is 5.82 Å². The third kappa shape index (κ3) is 3.86. The van der Waals surface area contributed by atoms with Crippen molar-refractivity contribution in [2.24, 2.45) is 0 Å². The smallest absolute Gasteiger partial charge is 0.252 e. The maximum atomic E-state index is 12.6. The molecule has 1 unspecified atom stereocenters. The highest BCUT2D eigenvalue weighted by Crippen LogP contribution is 2.48. The number of hydrogen-bond acceptors (Lipinski definition) is 8. The van der Waals surface area contributed by atoms with E-state index in [1.54, 1.807) is 26.0 Å². The van der Waals surface area contributed by atoms with Gasteiger partial charge < -0.3 is 19.5 Å². The Morgan fingerprint density at radius 3 is 2.19 bits per heavy atom. The molecule has 1 atom stereocenters. The Hall–Kier alpha value is -3.27. The predicted molar refractivity (Wildman–Crippen MR) is 122 cm³/mol. The van der Waals surface area contributed by atoms with E-state index in [1.165, 1.54) is 11.8 Å². The van der Waals surface area contributed by atoms with Crippen molar-refractivity contribution in [1.82, 2.24) is 19.7 Å². The second-order valence-electron chi connectivity index (χ2n) is 7.41. The molecule has 1 aromatic carbocycles. The van der Waals surface area contributed by atoms with Gasteiger partial charge in [-0.15, -0.1) is 11.8 Å². The Morgan fingerprint density at radius 1 is 1.00 bits per heavy atom. The van der Waals surface area contributed by atoms with Crippen molar-refractivity contribution in [3.05, 3.63) is 46.4 Å². The van der Waals surface area contributed by atoms with Crippen molar-refractivity contribution in [2.75, 3.05) is 32.4 Å². The normalized spacial score (nSPS) is 15.6. The van der Waals surface area contributed by atoms with Crippen LogP contribution in [0.4, 0.5) is 5.82 Å². The molecule has 0 spiro atoms. The van der Waals surface area contributed by atoms with Crippen LogP contribution in [0.3, 0.4) is 0 Å². The van der Waals surface area contributed by atoms with Crippen LogP contribution in [0.2, 0.25) is 0 Å². The highest BCUT2D eigenvalue weighted by Gasteiger charge is 2.32. The SMILES string of the molecule is COc1cc(C2SCC(=O)Nc3c2c(C)nn3-c2nc(C)cc(C)n2)cc(OC)c1OC. The lowest BCUT2D eigenvalue weighted by molar-refractivity contribution is -0.113. The fourth-order valence-electron chi connectivity index (χ4n) is 3.85. The van der Waals surface area contributed by atoms with Gasteiger partial charge in [0.15, 0.2) is 11.5 Å². The van der Waals surface area contributed by atoms with Gasteiger partial charge in [-0.1, -0.05) is 0 Å². The molecule has 0 saturated carbocycles. The number of ether oxygens (including phenoxy) is 3. The van der Waals surface area contributed by atoms with Crippen molar-refractivity contribution in [1.29, 1.82) is 0 Å². The van der Waals surface area contributed by atoms with Gasteiger partial charge >= 0.3 is 0 Å². The van der Waals surface area contributed by atoms with Crippen LogP contribution < -0.4 is 19.5 Å². The number of carbonyl (C=O) groups is 1. The number of carbonyl (C=O) groups excluding carboxylic acids is 1. The number of benzene rings is 1. The van der Waals surface area contributed by atoms with Crippen LogP contribution in [0.1, 0.15) is 33.5 Å². The Balaban J connectivity index is 1.92. The molecule has 168 valence electrons. The van der Waals surface area contributed by atoms with Gasteiger partial charge in [-0.25, -0.2) is 9.97 Å². The summed E-state index contributed by atoms with van der Waals surface area (Å²) in [7, 11) is 4.73. The van der Waals surface area contributed by atoms with Gasteiger partial charge in [0.05, 0.1) is 38.0 Å². The fraction of sp³-hybridized carbons (Fsp3) is 0.364. The van der Waals surface area contributed by atoms with E-state index in [0.717, 1.165) is 28.2 Å². The van der Waals surface area contributed by atoms with Gasteiger partial charge in [0.2, 0.25) is 11.7 Å². The summed E-state index contributed by atoms with van der Waals surface area (Å²) in [5.41, 5.74) is 4.22. The standard InChI is InChI=1S/C22H25N5O4S/c1-11-7-12(2)24-22(23-11)27-21-18(13(3)26-27)20(32-10-17(28)25-21)14-8-15(29-4)19(31-6)16(9-14)30-5/h7-9,20H,10H2,1-6H3,(H,25,28). The van der Waals surface area contributed by atoms with Crippen molar-refractivity contribution in [2.45, 2.75) is 26.0 Å². The number of rotatable bonds is 5. The molecule has 1 aliphatic heterocycles. The lowest BCUT2D eigenvalue weighted by Crippen LogP contribution is -2.17. The van der Waals surface area contributed by atoms with Crippen LogP contribution in [0.15, 0.2) is 18.2 Å². The average molecular weight is 456 g/mol. The third-order valence-electron chi connectivity index (χ3n) is 5.16. The molecule has 3 aromatic rings. The van der Waals surface area contributed by atoms with E-state index in [0.29, 0.717) is 29.0 Å². The number of nitrogens with one attached hydrogen (secondary N) is 1. The number of amides is 1. The summed E-state index contributed by atoms with van der Waals surface area (Å²) >= 11 is 1.51. The molecular formula is C22H25N5O4S. The summed E-state index contributed by atoms with van der Waals surface area (Å²) in [6.07, 6.45) is 0. The topological polar surface area (TPSA) is 100 Å². The van der Waals surface area contributed by atoms with Crippen LogP contribution in [0, 0.1) is 20.8 Å². The summed E-state index contributed by atoms with van der Waals surface area (Å²) in [5, 5.41) is 7.50. The lowest BCUT2D eigenvalue weighted by atomic mass is 10.0. The minimum atomic E-state index is -0.197. The molecule has 0 bridgehead atoms. The highest BCUT2D eigenvalue weighted by atomic mass is 32.2. The van der Waals surface area contributed by atoms with Crippen LogP contribution >= 0.6 is 11.8 Å². The Kier molecular flexibility index (Phi) is 5.96. The molecular weight excluding hydrogens is 430 g/mol. The minimum Gasteiger partial charge on any atom is -0.493 e. The highest BCUT2D eigenvalue weighted by molar-refractivity contribution is 8.00. The molecule has 9 nitrogen and oxygen atoms in total.